The molecule has 0 aliphatic heterocycles. The van der Waals surface area contributed by atoms with E-state index in [1.807, 2.05) is 0 Å². The Morgan fingerprint density at radius 2 is 1.44 bits per heavy atom. The predicted octanol–water partition coefficient (Wildman–Crippen LogP) is 3.37. The first kappa shape index (κ1) is 9.53. The molecular formula is C8H20Al. The van der Waals surface area contributed by atoms with Crippen LogP contribution in [0.25, 0.3) is 0 Å². The van der Waals surface area contributed by atoms with Crippen LogP contribution in [0.4, 0.5) is 0 Å². The van der Waals surface area contributed by atoms with Crippen LogP contribution >= 0.6 is 0 Å². The van der Waals surface area contributed by atoms with Crippen LogP contribution in [0.15, 0.2) is 0 Å². The van der Waals surface area contributed by atoms with Crippen molar-refractivity contribution in [1.82, 2.24) is 0 Å². The normalized spacial score (nSPS) is 16.9. The standard InChI is InChI=1S/2C4H9.Al.H2/c2*1-3-4-2;;/h2*3H,4H2,1-2H3;;1H. The van der Waals surface area contributed by atoms with E-state index >= 15 is 0 Å². The molecule has 0 aromatic rings. The largest absolute Gasteiger partial charge is 0.209 e. The summed E-state index contributed by atoms with van der Waals surface area (Å²) in [6.07, 6.45) is 2.75. The summed E-state index contributed by atoms with van der Waals surface area (Å²) >= 11 is 0.720. The molecule has 2 unspecified atom stereocenters. The molecule has 0 aliphatic rings. The molecule has 2 atom stereocenters. The van der Waals surface area contributed by atoms with Crippen molar-refractivity contribution in [3.63, 3.8) is 0 Å². The summed E-state index contributed by atoms with van der Waals surface area (Å²) < 4.78 is 2.03. The molecule has 0 N–H and O–H groups in total. The van der Waals surface area contributed by atoms with Gasteiger partial charge in [0.05, 0.1) is 0 Å². The van der Waals surface area contributed by atoms with Crippen molar-refractivity contribution < 1.29 is 1.43 Å². The van der Waals surface area contributed by atoms with Gasteiger partial charge < -0.3 is 0 Å². The van der Waals surface area contributed by atoms with E-state index in [1.165, 1.54) is 12.8 Å². The molecule has 0 saturated carbocycles. The molecule has 0 nitrogen and oxygen atoms in total. The van der Waals surface area contributed by atoms with Gasteiger partial charge in [0.25, 0.3) is 0 Å². The van der Waals surface area contributed by atoms with Gasteiger partial charge in [-0.2, -0.15) is 0 Å². The zero-order chi connectivity index (χ0) is 7.28. The van der Waals surface area contributed by atoms with Crippen molar-refractivity contribution in [2.75, 3.05) is 0 Å². The first-order valence-electron chi connectivity index (χ1n) is 4.05. The second kappa shape index (κ2) is 5.33. The molecule has 0 amide bonds. The van der Waals surface area contributed by atoms with Crippen LogP contribution in [-0.2, 0) is 0 Å². The molecule has 55 valence electrons. The van der Waals surface area contributed by atoms with E-state index in [0.29, 0.717) is 0 Å². The van der Waals surface area contributed by atoms with Gasteiger partial charge in [-0.05, 0) is 0 Å². The van der Waals surface area contributed by atoms with Gasteiger partial charge >= 0.3 is 0 Å². The molecule has 1 heteroatoms. The summed E-state index contributed by atoms with van der Waals surface area (Å²) in [5, 5.41) is 0. The highest BCUT2D eigenvalue weighted by atomic mass is 27.1. The van der Waals surface area contributed by atoms with Crippen LogP contribution in [0.3, 0.4) is 0 Å². The summed E-state index contributed by atoms with van der Waals surface area (Å²) in [6.45, 7) is 9.34. The molecule has 0 rings (SSSR count). The van der Waals surface area contributed by atoms with Crippen LogP contribution in [0.1, 0.15) is 42.0 Å². The van der Waals surface area contributed by atoms with Crippen molar-refractivity contribution in [1.29, 1.82) is 0 Å². The molecule has 0 fully saturated rings. The zero-order valence-corrected chi connectivity index (χ0v) is 8.30. The second-order valence-corrected chi connectivity index (χ2v) is 5.62. The number of rotatable bonds is 4. The predicted molar refractivity (Wildman–Crippen MR) is 47.3 cm³/mol. The lowest BCUT2D eigenvalue weighted by Gasteiger charge is -2.10. The third-order valence-corrected chi connectivity index (χ3v) is 4.20. The van der Waals surface area contributed by atoms with E-state index in [2.05, 4.69) is 27.7 Å². The Morgan fingerprint density at radius 1 is 1.11 bits per heavy atom. The van der Waals surface area contributed by atoms with Gasteiger partial charge in [-0.25, -0.2) is 0 Å². The van der Waals surface area contributed by atoms with Gasteiger partial charge in [0, 0.05) is 1.43 Å². The van der Waals surface area contributed by atoms with Gasteiger partial charge in [-0.3, -0.25) is 0 Å². The smallest absolute Gasteiger partial charge is 0.0958 e. The molecule has 0 aromatic heterocycles. The fourth-order valence-electron chi connectivity index (χ4n) is 0.833. The topological polar surface area (TPSA) is 0 Å². The van der Waals surface area contributed by atoms with Crippen LogP contribution < -0.4 is 0 Å². The lowest BCUT2D eigenvalue weighted by Crippen LogP contribution is -2.03. The molecule has 0 saturated heterocycles. The van der Waals surface area contributed by atoms with Gasteiger partial charge in [-0.1, -0.05) is 50.1 Å². The fourth-order valence-corrected chi connectivity index (χ4v) is 2.50. The quantitative estimate of drug-likeness (QED) is 0.529. The molecule has 0 aromatic carbocycles. The van der Waals surface area contributed by atoms with E-state index in [-0.39, 0.29) is 1.43 Å². The highest BCUT2D eigenvalue weighted by Gasteiger charge is 2.06. The van der Waals surface area contributed by atoms with Crippen molar-refractivity contribution in [3.05, 3.63) is 0 Å². The maximum atomic E-state index is 2.38. The van der Waals surface area contributed by atoms with Crippen LogP contribution in [0.5, 0.6) is 0 Å². The summed E-state index contributed by atoms with van der Waals surface area (Å²) in [4.78, 5) is 0. The van der Waals surface area contributed by atoms with Gasteiger partial charge in [0.15, 0.2) is 0 Å². The van der Waals surface area contributed by atoms with Gasteiger partial charge in [-0.15, -0.1) is 0 Å². The lowest BCUT2D eigenvalue weighted by molar-refractivity contribution is 0.803. The summed E-state index contributed by atoms with van der Waals surface area (Å²) in [5.74, 6) is 0. The summed E-state index contributed by atoms with van der Waals surface area (Å²) in [6, 6.07) is 0. The third-order valence-electron chi connectivity index (χ3n) is 1.94. The first-order valence-corrected chi connectivity index (χ1v) is 5.39. The minimum Gasteiger partial charge on any atom is -0.0958 e. The average molecular weight is 143 g/mol. The Morgan fingerprint density at radius 3 is 1.67 bits per heavy atom. The molecule has 0 bridgehead atoms. The molecule has 9 heavy (non-hydrogen) atoms. The van der Waals surface area contributed by atoms with Gasteiger partial charge in [0.2, 0.25) is 15.2 Å². The zero-order valence-electron chi connectivity index (χ0n) is 7.15. The maximum Gasteiger partial charge on any atom is 0.209 e. The van der Waals surface area contributed by atoms with Crippen LogP contribution in [0, 0.1) is 0 Å². The molecule has 0 spiro atoms. The third kappa shape index (κ3) is 5.00. The molecule has 0 heterocycles. The molecular weight excluding hydrogens is 123 g/mol. The van der Waals surface area contributed by atoms with Crippen molar-refractivity contribution in [3.8, 4) is 0 Å². The Balaban J connectivity index is 0. The minimum atomic E-state index is 0. The monoisotopic (exact) mass is 143 g/mol. The average Bonchev–Trinajstić information content (AvgIpc) is 1.87. The van der Waals surface area contributed by atoms with E-state index in [0.717, 1.165) is 24.8 Å². The Labute approximate surface area is 67.2 Å². The Kier molecular flexibility index (Phi) is 5.64. The second-order valence-electron chi connectivity index (χ2n) is 2.96. The van der Waals surface area contributed by atoms with E-state index < -0.39 is 0 Å². The highest BCUT2D eigenvalue weighted by Crippen LogP contribution is 2.16. The summed E-state index contributed by atoms with van der Waals surface area (Å²) in [7, 11) is 0. The van der Waals surface area contributed by atoms with E-state index in [1.54, 1.807) is 0 Å². The Hall–Kier alpha value is 0.532. The first-order chi connectivity index (χ1) is 4.20. The number of hydrogen-bond donors (Lipinski definition) is 0. The van der Waals surface area contributed by atoms with Crippen LogP contribution in [0.2, 0.25) is 9.56 Å². The Bertz CT molecular complexity index is 58.3. The van der Waals surface area contributed by atoms with Crippen molar-refractivity contribution in [2.45, 2.75) is 50.1 Å². The van der Waals surface area contributed by atoms with Crippen molar-refractivity contribution in [2.24, 2.45) is 0 Å². The van der Waals surface area contributed by atoms with Crippen molar-refractivity contribution >= 4 is 15.2 Å². The molecule has 1 radical (unpaired) electrons. The summed E-state index contributed by atoms with van der Waals surface area (Å²) in [5.41, 5.74) is 0. The van der Waals surface area contributed by atoms with Gasteiger partial charge in [0.1, 0.15) is 0 Å². The van der Waals surface area contributed by atoms with E-state index in [4.69, 9.17) is 0 Å². The lowest BCUT2D eigenvalue weighted by atomic mass is 10.3. The SMILES string of the molecule is CC[CH](C)[Al][CH](C)CC.[HH]. The van der Waals surface area contributed by atoms with Crippen LogP contribution in [-0.4, -0.2) is 15.2 Å². The minimum absolute atomic E-state index is 0. The maximum absolute atomic E-state index is 2.38. The fraction of sp³-hybridized carbons (Fsp3) is 1.00. The molecule has 0 aliphatic carbocycles. The number of hydrogen-bond acceptors (Lipinski definition) is 0. The van der Waals surface area contributed by atoms with E-state index in [9.17, 15) is 0 Å². The highest BCUT2D eigenvalue weighted by molar-refractivity contribution is 6.39.